The van der Waals surface area contributed by atoms with E-state index in [-0.39, 0.29) is 17.3 Å². The molecule has 7 heteroatoms. The van der Waals surface area contributed by atoms with E-state index in [1.54, 1.807) is 0 Å². The van der Waals surface area contributed by atoms with Crippen molar-refractivity contribution in [3.8, 4) is 0 Å². The van der Waals surface area contributed by atoms with Crippen molar-refractivity contribution < 1.29 is 14.1 Å². The highest BCUT2D eigenvalue weighted by molar-refractivity contribution is 5.99. The van der Waals surface area contributed by atoms with Gasteiger partial charge in [-0.3, -0.25) is 14.9 Å². The molecule has 1 aromatic rings. The van der Waals surface area contributed by atoms with Gasteiger partial charge in [-0.15, -0.1) is 0 Å². The average Bonchev–Trinajstić information content (AvgIpc) is 3.10. The maximum atomic E-state index is 13.2. The van der Waals surface area contributed by atoms with E-state index in [9.17, 15) is 19.3 Å². The minimum Gasteiger partial charge on any atom is -0.396 e. The third-order valence-corrected chi connectivity index (χ3v) is 3.32. The van der Waals surface area contributed by atoms with Crippen LogP contribution in [0.5, 0.6) is 0 Å². The number of hydrogen-bond acceptors (Lipinski definition) is 4. The third-order valence-electron chi connectivity index (χ3n) is 3.32. The van der Waals surface area contributed by atoms with E-state index < -0.39 is 22.3 Å². The fraction of sp³-hybridized carbons (Fsp3) is 0.417. The summed E-state index contributed by atoms with van der Waals surface area (Å²) in [6, 6.07) is 1.73. The zero-order chi connectivity index (χ0) is 14.2. The van der Waals surface area contributed by atoms with Crippen LogP contribution in [0, 0.1) is 21.8 Å². The van der Waals surface area contributed by atoms with E-state index in [1.807, 2.05) is 6.92 Å². The summed E-state index contributed by atoms with van der Waals surface area (Å²) in [4.78, 5) is 22.0. The van der Waals surface area contributed by atoms with Gasteiger partial charge in [0.2, 0.25) is 0 Å². The van der Waals surface area contributed by atoms with Crippen molar-refractivity contribution in [1.82, 2.24) is 5.32 Å². The Labute approximate surface area is 108 Å². The molecule has 2 atom stereocenters. The normalized spacial score (nSPS) is 20.9. The Balaban J connectivity index is 2.25. The van der Waals surface area contributed by atoms with Crippen LogP contribution < -0.4 is 11.1 Å². The van der Waals surface area contributed by atoms with Crippen molar-refractivity contribution in [2.45, 2.75) is 25.8 Å². The molecule has 0 spiro atoms. The number of anilines is 1. The molecular weight excluding hydrogens is 253 g/mol. The summed E-state index contributed by atoms with van der Waals surface area (Å²) < 4.78 is 13.2. The molecule has 1 saturated carbocycles. The van der Waals surface area contributed by atoms with E-state index >= 15 is 0 Å². The topological polar surface area (TPSA) is 98.3 Å². The molecule has 1 fully saturated rings. The van der Waals surface area contributed by atoms with Crippen molar-refractivity contribution >= 4 is 17.3 Å². The molecule has 0 bridgehead atoms. The van der Waals surface area contributed by atoms with Crippen LogP contribution in [0.1, 0.15) is 30.1 Å². The van der Waals surface area contributed by atoms with Gasteiger partial charge in [0.05, 0.1) is 16.7 Å². The lowest BCUT2D eigenvalue weighted by molar-refractivity contribution is -0.385. The summed E-state index contributed by atoms with van der Waals surface area (Å²) in [5.74, 6) is -1.07. The minimum absolute atomic E-state index is 0.0448. The molecule has 3 N–H and O–H groups in total. The molecule has 1 aromatic carbocycles. The number of nitrogens with zero attached hydrogens (tertiary/aromatic N) is 1. The quantitative estimate of drug-likeness (QED) is 0.494. The van der Waals surface area contributed by atoms with Crippen molar-refractivity contribution in [3.05, 3.63) is 33.6 Å². The Kier molecular flexibility index (Phi) is 3.37. The molecule has 0 heterocycles. The first-order chi connectivity index (χ1) is 8.93. The summed E-state index contributed by atoms with van der Waals surface area (Å²) in [7, 11) is 0. The predicted molar refractivity (Wildman–Crippen MR) is 67.1 cm³/mol. The van der Waals surface area contributed by atoms with E-state index in [1.165, 1.54) is 0 Å². The van der Waals surface area contributed by atoms with Gasteiger partial charge in [0.1, 0.15) is 5.56 Å². The van der Waals surface area contributed by atoms with Crippen molar-refractivity contribution in [1.29, 1.82) is 0 Å². The maximum Gasteiger partial charge on any atom is 0.285 e. The second kappa shape index (κ2) is 4.83. The van der Waals surface area contributed by atoms with Crippen molar-refractivity contribution in [3.63, 3.8) is 0 Å². The number of carbonyl (C=O) groups excluding carboxylic acids is 1. The highest BCUT2D eigenvalue weighted by atomic mass is 19.1. The zero-order valence-corrected chi connectivity index (χ0v) is 10.4. The second-order valence-corrected chi connectivity index (χ2v) is 4.63. The molecule has 102 valence electrons. The number of rotatable bonds is 4. The van der Waals surface area contributed by atoms with Crippen molar-refractivity contribution in [2.75, 3.05) is 5.73 Å². The summed E-state index contributed by atoms with van der Waals surface area (Å²) in [6.07, 6.45) is 1.81. The fourth-order valence-electron chi connectivity index (χ4n) is 2.03. The first-order valence-electron chi connectivity index (χ1n) is 5.98. The predicted octanol–water partition coefficient (Wildman–Crippen LogP) is 1.84. The summed E-state index contributed by atoms with van der Waals surface area (Å²) >= 11 is 0. The summed E-state index contributed by atoms with van der Waals surface area (Å²) in [6.45, 7) is 2.01. The van der Waals surface area contributed by atoms with Crippen LogP contribution >= 0.6 is 0 Å². The zero-order valence-electron chi connectivity index (χ0n) is 10.4. The first-order valence-corrected chi connectivity index (χ1v) is 5.98. The van der Waals surface area contributed by atoms with Crippen LogP contribution in [0.15, 0.2) is 12.1 Å². The van der Waals surface area contributed by atoms with Gasteiger partial charge in [-0.05, 0) is 18.4 Å². The van der Waals surface area contributed by atoms with E-state index in [0.717, 1.165) is 18.9 Å². The molecule has 0 aliphatic heterocycles. The molecule has 0 aromatic heterocycles. The highest BCUT2D eigenvalue weighted by Crippen LogP contribution is 2.34. The number of hydrogen-bond donors (Lipinski definition) is 2. The lowest BCUT2D eigenvalue weighted by Crippen LogP contribution is -2.27. The number of nitrogens with two attached hydrogens (primary N) is 1. The number of nitro groups is 1. The Morgan fingerprint density at radius 2 is 2.32 bits per heavy atom. The number of halogens is 1. The van der Waals surface area contributed by atoms with Gasteiger partial charge in [-0.25, -0.2) is 4.39 Å². The Morgan fingerprint density at radius 1 is 1.63 bits per heavy atom. The second-order valence-electron chi connectivity index (χ2n) is 4.63. The number of nitro benzene ring substituents is 1. The lowest BCUT2D eigenvalue weighted by Gasteiger charge is -2.06. The van der Waals surface area contributed by atoms with Gasteiger partial charge < -0.3 is 11.1 Å². The van der Waals surface area contributed by atoms with E-state index in [0.29, 0.717) is 12.0 Å². The van der Waals surface area contributed by atoms with E-state index in [2.05, 4.69) is 5.32 Å². The van der Waals surface area contributed by atoms with Gasteiger partial charge in [0, 0.05) is 6.04 Å². The molecule has 19 heavy (non-hydrogen) atoms. The van der Waals surface area contributed by atoms with Gasteiger partial charge in [-0.2, -0.15) is 0 Å². The molecule has 1 aliphatic rings. The molecule has 0 radical (unpaired) electrons. The molecule has 1 aliphatic carbocycles. The van der Waals surface area contributed by atoms with E-state index in [4.69, 9.17) is 5.73 Å². The molecule has 1 amide bonds. The maximum absolute atomic E-state index is 13.2. The van der Waals surface area contributed by atoms with Gasteiger partial charge in [0.25, 0.3) is 11.6 Å². The third kappa shape index (κ3) is 2.64. The number of nitrogen functional groups attached to an aromatic ring is 1. The van der Waals surface area contributed by atoms with Crippen LogP contribution in [-0.4, -0.2) is 16.9 Å². The monoisotopic (exact) mass is 267 g/mol. The molecule has 2 unspecified atom stereocenters. The fourth-order valence-corrected chi connectivity index (χ4v) is 2.03. The Morgan fingerprint density at radius 3 is 2.84 bits per heavy atom. The standard InChI is InChI=1S/C12H14FN3O3/c1-2-6-3-10(6)15-12(17)7-4-9(14)8(13)5-11(7)16(18)19/h4-6,10H,2-3,14H2,1H3,(H,15,17). The van der Waals surface area contributed by atoms with Gasteiger partial charge >= 0.3 is 0 Å². The molecule has 2 rings (SSSR count). The molecule has 6 nitrogen and oxygen atoms in total. The molecule has 0 saturated heterocycles. The summed E-state index contributed by atoms with van der Waals surface area (Å²) in [5, 5.41) is 13.5. The van der Waals surface area contributed by atoms with Gasteiger partial charge in [-0.1, -0.05) is 13.3 Å². The molecular formula is C12H14FN3O3. The largest absolute Gasteiger partial charge is 0.396 e. The number of nitrogens with one attached hydrogen (secondary N) is 1. The number of carbonyl (C=O) groups is 1. The van der Waals surface area contributed by atoms with Crippen LogP contribution in [0.4, 0.5) is 15.8 Å². The smallest absolute Gasteiger partial charge is 0.285 e. The van der Waals surface area contributed by atoms with Crippen LogP contribution in [0.2, 0.25) is 0 Å². The SMILES string of the molecule is CCC1CC1NC(=O)c1cc(N)c(F)cc1[N+](=O)[O-]. The lowest BCUT2D eigenvalue weighted by atomic mass is 10.1. The summed E-state index contributed by atoms with van der Waals surface area (Å²) in [5.41, 5.74) is 4.30. The average molecular weight is 267 g/mol. The van der Waals surface area contributed by atoms with Gasteiger partial charge in [0.15, 0.2) is 5.82 Å². The number of amides is 1. The van der Waals surface area contributed by atoms with Crippen LogP contribution in [-0.2, 0) is 0 Å². The minimum atomic E-state index is -0.902. The van der Waals surface area contributed by atoms with Crippen molar-refractivity contribution in [2.24, 2.45) is 5.92 Å². The highest BCUT2D eigenvalue weighted by Gasteiger charge is 2.37. The number of benzene rings is 1. The Bertz CT molecular complexity index is 547. The first kappa shape index (κ1) is 13.3. The van der Waals surface area contributed by atoms with Crippen LogP contribution in [0.3, 0.4) is 0 Å². The Hall–Kier alpha value is -2.18. The van der Waals surface area contributed by atoms with Crippen LogP contribution in [0.25, 0.3) is 0 Å².